The maximum Gasteiger partial charge on any atom is 0.257 e. The van der Waals surface area contributed by atoms with Crippen LogP contribution in [0.2, 0.25) is 0 Å². The lowest BCUT2D eigenvalue weighted by Gasteiger charge is -2.09. The summed E-state index contributed by atoms with van der Waals surface area (Å²) in [4.78, 5) is 11.8. The van der Waals surface area contributed by atoms with Gasteiger partial charge in [0.15, 0.2) is 6.61 Å². The van der Waals surface area contributed by atoms with Crippen LogP contribution in [0.5, 0.6) is 11.5 Å². The highest BCUT2D eigenvalue weighted by Gasteiger charge is 2.04. The van der Waals surface area contributed by atoms with E-state index in [1.54, 1.807) is 19.2 Å². The van der Waals surface area contributed by atoms with E-state index in [1.165, 1.54) is 11.1 Å². The lowest BCUT2D eigenvalue weighted by Crippen LogP contribution is -2.29. The summed E-state index contributed by atoms with van der Waals surface area (Å²) in [6.07, 6.45) is 1.86. The van der Waals surface area contributed by atoms with Gasteiger partial charge in [0.25, 0.3) is 5.91 Å². The first-order valence-corrected chi connectivity index (χ1v) is 8.71. The molecule has 0 heterocycles. The Labute approximate surface area is 150 Å². The van der Waals surface area contributed by atoms with Gasteiger partial charge in [-0.15, -0.1) is 0 Å². The fourth-order valence-electron chi connectivity index (χ4n) is 2.48. The third-order valence-corrected chi connectivity index (χ3v) is 4.02. The Morgan fingerprint density at radius 2 is 1.80 bits per heavy atom. The predicted molar refractivity (Wildman–Crippen MR) is 100 cm³/mol. The molecule has 4 nitrogen and oxygen atoms in total. The Morgan fingerprint density at radius 3 is 2.48 bits per heavy atom. The first-order chi connectivity index (χ1) is 12.1. The number of carbonyl (C=O) groups excluding carboxylic acids is 1. The zero-order valence-electron chi connectivity index (χ0n) is 15.2. The van der Waals surface area contributed by atoms with E-state index in [-0.39, 0.29) is 12.5 Å². The number of rotatable bonds is 9. The second-order valence-corrected chi connectivity index (χ2v) is 6.32. The fraction of sp³-hybridized carbons (Fsp3) is 0.381. The van der Waals surface area contributed by atoms with E-state index in [1.807, 2.05) is 12.1 Å². The average Bonchev–Trinajstić information content (AvgIpc) is 2.64. The highest BCUT2D eigenvalue weighted by atomic mass is 16.5. The summed E-state index contributed by atoms with van der Waals surface area (Å²) in [5, 5.41) is 2.89. The Morgan fingerprint density at radius 1 is 1.08 bits per heavy atom. The van der Waals surface area contributed by atoms with Crippen LogP contribution in [-0.4, -0.2) is 26.2 Å². The molecule has 1 N–H and O–H groups in total. The number of ether oxygens (including phenoxy) is 2. The summed E-state index contributed by atoms with van der Waals surface area (Å²) in [6.45, 7) is 5.04. The monoisotopic (exact) mass is 341 g/mol. The van der Waals surface area contributed by atoms with Crippen LogP contribution in [0.15, 0.2) is 48.5 Å². The van der Waals surface area contributed by atoms with Gasteiger partial charge in [0, 0.05) is 12.6 Å². The molecule has 0 fully saturated rings. The highest BCUT2D eigenvalue weighted by molar-refractivity contribution is 5.77. The minimum absolute atomic E-state index is 0.0102. The van der Waals surface area contributed by atoms with Crippen LogP contribution < -0.4 is 14.8 Å². The molecule has 0 saturated carbocycles. The lowest BCUT2D eigenvalue weighted by atomic mass is 10.0. The highest BCUT2D eigenvalue weighted by Crippen LogP contribution is 2.18. The molecule has 0 unspecified atom stereocenters. The summed E-state index contributed by atoms with van der Waals surface area (Å²) >= 11 is 0. The van der Waals surface area contributed by atoms with Crippen LogP contribution in [0.25, 0.3) is 0 Å². The van der Waals surface area contributed by atoms with Gasteiger partial charge in [-0.3, -0.25) is 4.79 Å². The molecule has 2 aromatic carbocycles. The molecule has 0 aliphatic heterocycles. The topological polar surface area (TPSA) is 47.6 Å². The first-order valence-electron chi connectivity index (χ1n) is 8.71. The van der Waals surface area contributed by atoms with Crippen molar-refractivity contribution < 1.29 is 14.3 Å². The molecule has 0 radical (unpaired) electrons. The SMILES string of the molecule is COc1cccc(OCC(=O)NCCCc2ccc(C(C)C)cc2)c1. The van der Waals surface area contributed by atoms with Gasteiger partial charge < -0.3 is 14.8 Å². The fourth-order valence-corrected chi connectivity index (χ4v) is 2.48. The number of benzene rings is 2. The molecule has 0 atom stereocenters. The van der Waals surface area contributed by atoms with Crippen LogP contribution in [0, 0.1) is 0 Å². The number of aryl methyl sites for hydroxylation is 1. The van der Waals surface area contributed by atoms with Crippen LogP contribution in [0.4, 0.5) is 0 Å². The third-order valence-electron chi connectivity index (χ3n) is 4.02. The maximum absolute atomic E-state index is 11.8. The van der Waals surface area contributed by atoms with E-state index < -0.39 is 0 Å². The largest absolute Gasteiger partial charge is 0.497 e. The van der Waals surface area contributed by atoms with Crippen molar-refractivity contribution in [3.8, 4) is 11.5 Å². The Balaban J connectivity index is 1.65. The number of amides is 1. The molecular weight excluding hydrogens is 314 g/mol. The number of nitrogens with one attached hydrogen (secondary N) is 1. The molecule has 0 aliphatic rings. The second kappa shape index (κ2) is 9.72. The van der Waals surface area contributed by atoms with E-state index in [4.69, 9.17) is 9.47 Å². The van der Waals surface area contributed by atoms with Crippen LogP contribution >= 0.6 is 0 Å². The van der Waals surface area contributed by atoms with E-state index in [2.05, 4.69) is 43.4 Å². The molecule has 0 saturated heterocycles. The first kappa shape index (κ1) is 18.8. The van der Waals surface area contributed by atoms with Gasteiger partial charge in [-0.2, -0.15) is 0 Å². The molecule has 0 aliphatic carbocycles. The average molecular weight is 341 g/mol. The second-order valence-electron chi connectivity index (χ2n) is 6.32. The molecular formula is C21H27NO3. The minimum atomic E-state index is -0.113. The number of carbonyl (C=O) groups is 1. The van der Waals surface area contributed by atoms with E-state index in [9.17, 15) is 4.79 Å². The number of methoxy groups -OCH3 is 1. The number of hydrogen-bond donors (Lipinski definition) is 1. The van der Waals surface area contributed by atoms with Gasteiger partial charge in [-0.25, -0.2) is 0 Å². The van der Waals surface area contributed by atoms with Crippen molar-refractivity contribution in [1.82, 2.24) is 5.32 Å². The predicted octanol–water partition coefficient (Wildman–Crippen LogP) is 3.95. The van der Waals surface area contributed by atoms with Crippen LogP contribution in [0.1, 0.15) is 37.3 Å². The van der Waals surface area contributed by atoms with Crippen molar-refractivity contribution >= 4 is 5.91 Å². The van der Waals surface area contributed by atoms with Crippen LogP contribution in [-0.2, 0) is 11.2 Å². The summed E-state index contributed by atoms with van der Waals surface area (Å²) in [7, 11) is 1.60. The molecule has 25 heavy (non-hydrogen) atoms. The van der Waals surface area contributed by atoms with Crippen molar-refractivity contribution in [2.45, 2.75) is 32.6 Å². The zero-order chi connectivity index (χ0) is 18.1. The summed E-state index contributed by atoms with van der Waals surface area (Å²) in [6, 6.07) is 15.9. The lowest BCUT2D eigenvalue weighted by molar-refractivity contribution is -0.123. The Hall–Kier alpha value is -2.49. The molecule has 2 rings (SSSR count). The van der Waals surface area contributed by atoms with Crippen LogP contribution in [0.3, 0.4) is 0 Å². The van der Waals surface area contributed by atoms with E-state index >= 15 is 0 Å². The molecule has 134 valence electrons. The molecule has 0 bridgehead atoms. The number of hydrogen-bond acceptors (Lipinski definition) is 3. The Kier molecular flexibility index (Phi) is 7.33. The quantitative estimate of drug-likeness (QED) is 0.703. The van der Waals surface area contributed by atoms with Gasteiger partial charge in [0.1, 0.15) is 11.5 Å². The van der Waals surface area contributed by atoms with Gasteiger partial charge >= 0.3 is 0 Å². The zero-order valence-corrected chi connectivity index (χ0v) is 15.2. The van der Waals surface area contributed by atoms with E-state index in [0.29, 0.717) is 24.0 Å². The molecule has 2 aromatic rings. The molecule has 4 heteroatoms. The van der Waals surface area contributed by atoms with Crippen molar-refractivity contribution in [2.75, 3.05) is 20.3 Å². The summed E-state index contributed by atoms with van der Waals surface area (Å²) in [5.41, 5.74) is 2.65. The molecule has 1 amide bonds. The third kappa shape index (κ3) is 6.49. The normalized spacial score (nSPS) is 10.6. The van der Waals surface area contributed by atoms with Crippen molar-refractivity contribution in [3.63, 3.8) is 0 Å². The van der Waals surface area contributed by atoms with Gasteiger partial charge in [-0.05, 0) is 42.0 Å². The van der Waals surface area contributed by atoms with Gasteiger partial charge in [0.05, 0.1) is 7.11 Å². The summed E-state index contributed by atoms with van der Waals surface area (Å²) < 4.78 is 10.6. The van der Waals surface area contributed by atoms with Crippen molar-refractivity contribution in [1.29, 1.82) is 0 Å². The smallest absolute Gasteiger partial charge is 0.257 e. The van der Waals surface area contributed by atoms with Crippen molar-refractivity contribution in [3.05, 3.63) is 59.7 Å². The minimum Gasteiger partial charge on any atom is -0.497 e. The Bertz CT molecular complexity index is 665. The van der Waals surface area contributed by atoms with Gasteiger partial charge in [0.2, 0.25) is 0 Å². The molecule has 0 spiro atoms. The standard InChI is InChI=1S/C21H27NO3/c1-16(2)18-11-9-17(10-12-18)6-5-13-22-21(23)15-25-20-8-4-7-19(14-20)24-3/h4,7-12,14,16H,5-6,13,15H2,1-3H3,(H,22,23). The van der Waals surface area contributed by atoms with E-state index in [0.717, 1.165) is 12.8 Å². The van der Waals surface area contributed by atoms with Crippen molar-refractivity contribution in [2.24, 2.45) is 0 Å². The van der Waals surface area contributed by atoms with Gasteiger partial charge in [-0.1, -0.05) is 44.2 Å². The summed E-state index contributed by atoms with van der Waals surface area (Å²) in [5.74, 6) is 1.78. The molecule has 0 aromatic heterocycles. The maximum atomic E-state index is 11.8.